The second-order valence-electron chi connectivity index (χ2n) is 5.05. The molecule has 2 heterocycles. The Balaban J connectivity index is 1.75. The van der Waals surface area contributed by atoms with Crippen LogP contribution in [0.2, 0.25) is 0 Å². The van der Waals surface area contributed by atoms with Crippen LogP contribution in [-0.4, -0.2) is 14.6 Å². The average molecular weight is 299 g/mol. The maximum absolute atomic E-state index is 11.7. The summed E-state index contributed by atoms with van der Waals surface area (Å²) in [5, 5.41) is 4.64. The summed E-state index contributed by atoms with van der Waals surface area (Å²) in [6.45, 7) is 0. The van der Waals surface area contributed by atoms with Gasteiger partial charge < -0.3 is 4.74 Å². The summed E-state index contributed by atoms with van der Waals surface area (Å²) in [5.74, 6) is 0.847. The van der Waals surface area contributed by atoms with Crippen molar-refractivity contribution in [1.29, 1.82) is 0 Å². The zero-order chi connectivity index (χ0) is 14.2. The molecular weight excluding hydrogens is 286 g/mol. The van der Waals surface area contributed by atoms with E-state index in [1.54, 1.807) is 0 Å². The second kappa shape index (κ2) is 4.96. The van der Waals surface area contributed by atoms with E-state index >= 15 is 0 Å². The van der Waals surface area contributed by atoms with Gasteiger partial charge in [0.1, 0.15) is 5.75 Å². The minimum atomic E-state index is -0.193. The number of aromatic nitrogens is 3. The van der Waals surface area contributed by atoms with Gasteiger partial charge in [0.25, 0.3) is 10.8 Å². The normalized spacial score (nSPS) is 14.1. The lowest BCUT2D eigenvalue weighted by molar-refractivity contribution is 0.458. The van der Waals surface area contributed by atoms with Gasteiger partial charge in [0.15, 0.2) is 0 Å². The van der Waals surface area contributed by atoms with E-state index in [4.69, 9.17) is 4.74 Å². The van der Waals surface area contributed by atoms with Crippen LogP contribution in [0.15, 0.2) is 35.3 Å². The van der Waals surface area contributed by atoms with Crippen LogP contribution in [0.1, 0.15) is 24.0 Å². The van der Waals surface area contributed by atoms with Crippen LogP contribution in [0.5, 0.6) is 10.9 Å². The van der Waals surface area contributed by atoms with Crippen LogP contribution in [0.4, 0.5) is 0 Å². The monoisotopic (exact) mass is 299 g/mol. The number of hydrogen-bond acceptors (Lipinski definition) is 5. The number of fused-ring (bicyclic) bond motifs is 2. The molecule has 106 valence electrons. The summed E-state index contributed by atoms with van der Waals surface area (Å²) in [4.78, 5) is 16.4. The van der Waals surface area contributed by atoms with Gasteiger partial charge in [-0.3, -0.25) is 4.79 Å². The van der Waals surface area contributed by atoms with Crippen LogP contribution in [-0.2, 0) is 12.8 Å². The molecule has 0 N–H and O–H groups in total. The molecule has 0 radical (unpaired) electrons. The minimum absolute atomic E-state index is 0.193. The Kier molecular flexibility index (Phi) is 2.96. The predicted molar refractivity (Wildman–Crippen MR) is 80.3 cm³/mol. The molecule has 4 rings (SSSR count). The highest BCUT2D eigenvalue weighted by Gasteiger charge is 2.16. The third-order valence-corrected chi connectivity index (χ3v) is 4.50. The largest absolute Gasteiger partial charge is 0.429 e. The van der Waals surface area contributed by atoms with Crippen molar-refractivity contribution in [3.05, 3.63) is 51.9 Å². The van der Waals surface area contributed by atoms with Gasteiger partial charge in [0.2, 0.25) is 4.96 Å². The van der Waals surface area contributed by atoms with Gasteiger partial charge in [-0.05, 0) is 54.2 Å². The van der Waals surface area contributed by atoms with Crippen molar-refractivity contribution >= 4 is 16.3 Å². The molecule has 0 spiro atoms. The fourth-order valence-electron chi connectivity index (χ4n) is 2.70. The standard InChI is InChI=1S/C15H13N3O2S/c19-13-8-9-16-14-18(13)17-15(21-14)20-12-7-3-5-10-4-1-2-6-11(10)12/h3,5,7-9H,1-2,4,6H2. The maximum Gasteiger partial charge on any atom is 0.299 e. The highest BCUT2D eigenvalue weighted by Crippen LogP contribution is 2.33. The van der Waals surface area contributed by atoms with E-state index < -0.39 is 0 Å². The first kappa shape index (κ1) is 12.5. The molecule has 0 unspecified atom stereocenters. The molecule has 0 saturated heterocycles. The van der Waals surface area contributed by atoms with Crippen molar-refractivity contribution in [1.82, 2.24) is 14.6 Å². The zero-order valence-corrected chi connectivity index (χ0v) is 12.1. The molecule has 5 nitrogen and oxygen atoms in total. The average Bonchev–Trinajstić information content (AvgIpc) is 2.92. The molecule has 0 bridgehead atoms. The van der Waals surface area contributed by atoms with Crippen molar-refractivity contribution in [3.63, 3.8) is 0 Å². The number of ether oxygens (including phenoxy) is 1. The summed E-state index contributed by atoms with van der Waals surface area (Å²) in [6.07, 6.45) is 6.05. The molecule has 0 atom stereocenters. The summed E-state index contributed by atoms with van der Waals surface area (Å²) in [7, 11) is 0. The van der Waals surface area contributed by atoms with E-state index in [1.807, 2.05) is 12.1 Å². The van der Waals surface area contributed by atoms with Gasteiger partial charge >= 0.3 is 0 Å². The summed E-state index contributed by atoms with van der Waals surface area (Å²) in [5.41, 5.74) is 2.43. The topological polar surface area (TPSA) is 56.5 Å². The Bertz CT molecular complexity index is 869. The summed E-state index contributed by atoms with van der Waals surface area (Å²) >= 11 is 1.28. The summed E-state index contributed by atoms with van der Waals surface area (Å²) < 4.78 is 7.20. The smallest absolute Gasteiger partial charge is 0.299 e. The van der Waals surface area contributed by atoms with E-state index in [0.717, 1.165) is 18.6 Å². The second-order valence-corrected chi connectivity index (χ2v) is 5.97. The SMILES string of the molecule is O=c1ccnc2sc(Oc3cccc4c3CCCC4)nn12. The third-order valence-electron chi connectivity index (χ3n) is 3.70. The Morgan fingerprint density at radius 1 is 1.19 bits per heavy atom. The maximum atomic E-state index is 11.7. The first-order valence-corrected chi connectivity index (χ1v) is 7.76. The highest BCUT2D eigenvalue weighted by atomic mass is 32.1. The number of nitrogens with zero attached hydrogens (tertiary/aromatic N) is 3. The van der Waals surface area contributed by atoms with Gasteiger partial charge in [-0.15, -0.1) is 5.10 Å². The molecule has 6 heteroatoms. The van der Waals surface area contributed by atoms with Gasteiger partial charge in [0.05, 0.1) is 0 Å². The Hall–Kier alpha value is -2.21. The first-order chi connectivity index (χ1) is 10.3. The van der Waals surface area contributed by atoms with Crippen molar-refractivity contribution in [2.45, 2.75) is 25.7 Å². The van der Waals surface area contributed by atoms with E-state index in [2.05, 4.69) is 16.1 Å². The molecule has 0 amide bonds. The van der Waals surface area contributed by atoms with Crippen LogP contribution >= 0.6 is 11.3 Å². The van der Waals surface area contributed by atoms with E-state index in [9.17, 15) is 4.79 Å². The lowest BCUT2D eigenvalue weighted by Gasteiger charge is -2.18. The number of aryl methyl sites for hydroxylation is 1. The Morgan fingerprint density at radius 3 is 3.00 bits per heavy atom. The lowest BCUT2D eigenvalue weighted by Crippen LogP contribution is -2.12. The van der Waals surface area contributed by atoms with Crippen LogP contribution < -0.4 is 10.3 Å². The fraction of sp³-hybridized carbons (Fsp3) is 0.267. The van der Waals surface area contributed by atoms with E-state index in [1.165, 1.54) is 52.1 Å². The van der Waals surface area contributed by atoms with Gasteiger partial charge in [-0.1, -0.05) is 12.1 Å². The van der Waals surface area contributed by atoms with Crippen LogP contribution in [0.3, 0.4) is 0 Å². The van der Waals surface area contributed by atoms with Crippen molar-refractivity contribution in [3.8, 4) is 10.9 Å². The molecule has 1 aliphatic carbocycles. The molecule has 0 fully saturated rings. The van der Waals surface area contributed by atoms with E-state index in [-0.39, 0.29) is 5.56 Å². The number of rotatable bonds is 2. The van der Waals surface area contributed by atoms with Crippen molar-refractivity contribution in [2.24, 2.45) is 0 Å². The van der Waals surface area contributed by atoms with Crippen molar-refractivity contribution in [2.75, 3.05) is 0 Å². The lowest BCUT2D eigenvalue weighted by atomic mass is 9.91. The third kappa shape index (κ3) is 2.21. The fourth-order valence-corrected chi connectivity index (χ4v) is 3.44. The van der Waals surface area contributed by atoms with Crippen LogP contribution in [0.25, 0.3) is 4.96 Å². The number of benzene rings is 1. The van der Waals surface area contributed by atoms with Crippen molar-refractivity contribution < 1.29 is 4.74 Å². The molecule has 2 aromatic heterocycles. The zero-order valence-electron chi connectivity index (χ0n) is 11.3. The molecular formula is C15H13N3O2S. The Labute approximate surface area is 124 Å². The molecule has 0 saturated carbocycles. The molecule has 21 heavy (non-hydrogen) atoms. The van der Waals surface area contributed by atoms with Crippen LogP contribution in [0, 0.1) is 0 Å². The summed E-state index contributed by atoms with van der Waals surface area (Å²) in [6, 6.07) is 7.52. The van der Waals surface area contributed by atoms with E-state index in [0.29, 0.717) is 10.2 Å². The molecule has 0 aliphatic heterocycles. The van der Waals surface area contributed by atoms with Gasteiger partial charge in [-0.2, -0.15) is 4.52 Å². The van der Waals surface area contributed by atoms with Gasteiger partial charge in [-0.25, -0.2) is 4.98 Å². The number of hydrogen-bond donors (Lipinski definition) is 0. The Morgan fingerprint density at radius 2 is 2.10 bits per heavy atom. The first-order valence-electron chi connectivity index (χ1n) is 6.95. The van der Waals surface area contributed by atoms with Gasteiger partial charge in [0, 0.05) is 12.3 Å². The molecule has 3 aromatic rings. The minimum Gasteiger partial charge on any atom is -0.429 e. The molecule has 1 aliphatic rings. The molecule has 1 aromatic carbocycles. The quantitative estimate of drug-likeness (QED) is 0.730. The predicted octanol–water partition coefficient (Wildman–Crippen LogP) is 2.82. The highest BCUT2D eigenvalue weighted by molar-refractivity contribution is 7.18.